The molecule has 84 valence electrons. The maximum atomic E-state index is 5.58. The van der Waals surface area contributed by atoms with Crippen LogP contribution in [0.2, 0.25) is 0 Å². The van der Waals surface area contributed by atoms with Gasteiger partial charge in [-0.05, 0) is 25.0 Å². The third kappa shape index (κ3) is 5.50. The molecule has 0 bridgehead atoms. The van der Waals surface area contributed by atoms with Crippen LogP contribution >= 0.6 is 22.6 Å². The molecule has 0 saturated heterocycles. The summed E-state index contributed by atoms with van der Waals surface area (Å²) in [6.07, 6.45) is 0. The molecule has 1 aromatic carbocycles. The second kappa shape index (κ2) is 6.47. The first-order valence-electron chi connectivity index (χ1n) is 4.91. The van der Waals surface area contributed by atoms with Crippen molar-refractivity contribution in [2.45, 2.75) is 20.8 Å². The summed E-state index contributed by atoms with van der Waals surface area (Å²) in [4.78, 5) is 0. The monoisotopic (exact) mass is 290 g/mol. The number of hydrogen-bond donors (Lipinski definition) is 0. The Kier molecular flexibility index (Phi) is 5.59. The molecular formula is C11H16BrO2P. The predicted octanol–water partition coefficient (Wildman–Crippen LogP) is 4.67. The number of halogens is 1. The average Bonchev–Trinajstić information content (AvgIpc) is 2.19. The second-order valence-corrected chi connectivity index (χ2v) is 6.41. The highest BCUT2D eigenvalue weighted by Gasteiger charge is 2.08. The quantitative estimate of drug-likeness (QED) is 0.734. The molecule has 0 fully saturated rings. The van der Waals surface area contributed by atoms with E-state index in [-0.39, 0.29) is 0 Å². The molecule has 0 amide bonds. The Morgan fingerprint density at radius 3 is 2.40 bits per heavy atom. The van der Waals surface area contributed by atoms with Gasteiger partial charge in [-0.25, -0.2) is 0 Å². The van der Waals surface area contributed by atoms with Crippen molar-refractivity contribution in [3.8, 4) is 5.75 Å². The second-order valence-electron chi connectivity index (χ2n) is 3.81. The first-order valence-corrected chi connectivity index (χ1v) is 8.11. The summed E-state index contributed by atoms with van der Waals surface area (Å²) in [6, 6.07) is 7.94. The van der Waals surface area contributed by atoms with E-state index in [1.807, 2.05) is 24.3 Å². The predicted molar refractivity (Wildman–Crippen MR) is 68.4 cm³/mol. The molecule has 0 aliphatic heterocycles. The number of aryl methyl sites for hydroxylation is 1. The van der Waals surface area contributed by atoms with Crippen LogP contribution in [-0.4, -0.2) is 6.61 Å². The highest BCUT2D eigenvalue weighted by molar-refractivity contribution is 9.38. The molecule has 1 rings (SSSR count). The van der Waals surface area contributed by atoms with E-state index >= 15 is 0 Å². The third-order valence-electron chi connectivity index (χ3n) is 1.71. The van der Waals surface area contributed by atoms with Crippen LogP contribution in [0.4, 0.5) is 0 Å². The summed E-state index contributed by atoms with van der Waals surface area (Å²) in [5, 5.41) is 0. The molecule has 15 heavy (non-hydrogen) atoms. The lowest BCUT2D eigenvalue weighted by Crippen LogP contribution is -1.98. The van der Waals surface area contributed by atoms with E-state index in [2.05, 4.69) is 36.3 Å². The van der Waals surface area contributed by atoms with Crippen molar-refractivity contribution >= 4 is 22.6 Å². The minimum absolute atomic E-state index is 0.522. The minimum atomic E-state index is -0.986. The Morgan fingerprint density at radius 1 is 1.27 bits per heavy atom. The summed E-state index contributed by atoms with van der Waals surface area (Å²) in [5.74, 6) is 1.36. The van der Waals surface area contributed by atoms with Crippen LogP contribution in [0.5, 0.6) is 5.75 Å². The van der Waals surface area contributed by atoms with Crippen LogP contribution in [0.15, 0.2) is 24.3 Å². The topological polar surface area (TPSA) is 18.5 Å². The van der Waals surface area contributed by atoms with Crippen molar-refractivity contribution in [3.05, 3.63) is 29.8 Å². The molecule has 0 aliphatic carbocycles. The van der Waals surface area contributed by atoms with E-state index < -0.39 is 7.08 Å². The molecule has 1 atom stereocenters. The van der Waals surface area contributed by atoms with E-state index in [4.69, 9.17) is 9.05 Å². The molecule has 0 radical (unpaired) electrons. The first kappa shape index (κ1) is 13.0. The van der Waals surface area contributed by atoms with Crippen molar-refractivity contribution in [2.24, 2.45) is 5.92 Å². The van der Waals surface area contributed by atoms with Crippen LogP contribution in [0.3, 0.4) is 0 Å². The highest BCUT2D eigenvalue weighted by Crippen LogP contribution is 2.46. The van der Waals surface area contributed by atoms with Gasteiger partial charge in [-0.15, -0.1) is 0 Å². The SMILES string of the molecule is Cc1ccc(OP(Br)OCC(C)C)cc1. The van der Waals surface area contributed by atoms with Gasteiger partial charge >= 0.3 is 7.08 Å². The lowest BCUT2D eigenvalue weighted by molar-refractivity contribution is 0.280. The van der Waals surface area contributed by atoms with E-state index in [1.165, 1.54) is 5.56 Å². The van der Waals surface area contributed by atoms with Crippen LogP contribution in [0.1, 0.15) is 19.4 Å². The fourth-order valence-corrected chi connectivity index (χ4v) is 2.53. The summed E-state index contributed by atoms with van der Waals surface area (Å²) in [7, 11) is -0.986. The van der Waals surface area contributed by atoms with E-state index in [9.17, 15) is 0 Å². The summed E-state index contributed by atoms with van der Waals surface area (Å²) in [5.41, 5.74) is 1.23. The van der Waals surface area contributed by atoms with Crippen LogP contribution in [-0.2, 0) is 4.52 Å². The van der Waals surface area contributed by atoms with Crippen LogP contribution < -0.4 is 4.52 Å². The fraction of sp³-hybridized carbons (Fsp3) is 0.455. The third-order valence-corrected chi connectivity index (χ3v) is 3.46. The summed E-state index contributed by atoms with van der Waals surface area (Å²) in [6.45, 7) is 6.99. The van der Waals surface area contributed by atoms with Gasteiger partial charge < -0.3 is 9.05 Å². The van der Waals surface area contributed by atoms with E-state index in [0.29, 0.717) is 12.5 Å². The molecule has 1 aromatic rings. The van der Waals surface area contributed by atoms with Gasteiger partial charge in [0.25, 0.3) is 0 Å². The molecule has 0 aromatic heterocycles. The summed E-state index contributed by atoms with van der Waals surface area (Å²) >= 11 is 3.38. The maximum Gasteiger partial charge on any atom is 0.307 e. The Hall–Kier alpha value is -0.110. The van der Waals surface area contributed by atoms with Gasteiger partial charge in [-0.3, -0.25) is 0 Å². The fourth-order valence-electron chi connectivity index (χ4n) is 0.916. The van der Waals surface area contributed by atoms with Gasteiger partial charge in [-0.2, -0.15) is 0 Å². The van der Waals surface area contributed by atoms with Crippen LogP contribution in [0, 0.1) is 12.8 Å². The molecule has 2 nitrogen and oxygen atoms in total. The average molecular weight is 291 g/mol. The zero-order valence-electron chi connectivity index (χ0n) is 9.24. The lowest BCUT2D eigenvalue weighted by Gasteiger charge is -2.13. The molecule has 1 unspecified atom stereocenters. The van der Waals surface area contributed by atoms with Gasteiger partial charge in [0.15, 0.2) is 0 Å². The van der Waals surface area contributed by atoms with Crippen molar-refractivity contribution in [2.75, 3.05) is 6.61 Å². The highest BCUT2D eigenvalue weighted by atomic mass is 79.9. The van der Waals surface area contributed by atoms with Gasteiger partial charge in [0, 0.05) is 15.5 Å². The lowest BCUT2D eigenvalue weighted by atomic mass is 10.2. The van der Waals surface area contributed by atoms with Crippen molar-refractivity contribution in [1.29, 1.82) is 0 Å². The molecule has 0 aliphatic rings. The zero-order valence-corrected chi connectivity index (χ0v) is 11.7. The van der Waals surface area contributed by atoms with Gasteiger partial charge in [0.05, 0.1) is 6.61 Å². The Balaban J connectivity index is 2.37. The largest absolute Gasteiger partial charge is 0.439 e. The summed E-state index contributed by atoms with van der Waals surface area (Å²) < 4.78 is 11.1. The maximum absolute atomic E-state index is 5.58. The van der Waals surface area contributed by atoms with Crippen LogP contribution in [0.25, 0.3) is 0 Å². The zero-order chi connectivity index (χ0) is 11.3. The smallest absolute Gasteiger partial charge is 0.307 e. The van der Waals surface area contributed by atoms with E-state index in [1.54, 1.807) is 0 Å². The number of benzene rings is 1. The standard InChI is InChI=1S/C11H16BrO2P/c1-9(2)8-13-15(12)14-11-6-4-10(3)5-7-11/h4-7,9H,8H2,1-3H3. The number of hydrogen-bond acceptors (Lipinski definition) is 2. The van der Waals surface area contributed by atoms with Gasteiger partial charge in [-0.1, -0.05) is 31.5 Å². The van der Waals surface area contributed by atoms with Crippen molar-refractivity contribution in [3.63, 3.8) is 0 Å². The molecule has 0 spiro atoms. The molecule has 0 saturated carbocycles. The normalized spacial score (nSPS) is 12.9. The Morgan fingerprint density at radius 2 is 1.87 bits per heavy atom. The molecular weight excluding hydrogens is 275 g/mol. The Labute approximate surface area is 101 Å². The first-order chi connectivity index (χ1) is 7.08. The number of rotatable bonds is 5. The molecule has 4 heteroatoms. The Bertz CT molecular complexity index is 287. The van der Waals surface area contributed by atoms with Gasteiger partial charge in [0.2, 0.25) is 0 Å². The minimum Gasteiger partial charge on any atom is -0.439 e. The van der Waals surface area contributed by atoms with Crippen molar-refractivity contribution < 1.29 is 9.05 Å². The van der Waals surface area contributed by atoms with E-state index in [0.717, 1.165) is 5.75 Å². The molecule has 0 heterocycles. The van der Waals surface area contributed by atoms with Crippen molar-refractivity contribution in [1.82, 2.24) is 0 Å². The van der Waals surface area contributed by atoms with Gasteiger partial charge in [0.1, 0.15) is 5.75 Å². The molecule has 0 N–H and O–H groups in total.